The standard InChI is InChI=1S/C18H19NO5/c1-11-13(9-16(22)19-7-3-2-4-8-19)17(23)12-5-6-15(21)14(10-20)18(12)24-11/h5-6,10,21H,2-4,7-9H2,1H3. The number of phenols is 1. The van der Waals surface area contributed by atoms with Crippen LogP contribution in [0.5, 0.6) is 5.75 Å². The number of amides is 1. The average molecular weight is 329 g/mol. The molecule has 2 aromatic rings. The number of nitrogens with zero attached hydrogens (tertiary/aromatic N) is 1. The zero-order valence-corrected chi connectivity index (χ0v) is 13.5. The van der Waals surface area contributed by atoms with Crippen molar-refractivity contribution >= 4 is 23.2 Å². The fourth-order valence-electron chi connectivity index (χ4n) is 3.14. The summed E-state index contributed by atoms with van der Waals surface area (Å²) in [5.41, 5.74) is -0.0221. The molecule has 1 N–H and O–H groups in total. The largest absolute Gasteiger partial charge is 0.507 e. The third-order valence-electron chi connectivity index (χ3n) is 4.53. The number of fused-ring (bicyclic) bond motifs is 1. The van der Waals surface area contributed by atoms with Crippen LogP contribution in [0, 0.1) is 6.92 Å². The van der Waals surface area contributed by atoms with Gasteiger partial charge in [0.15, 0.2) is 17.3 Å². The van der Waals surface area contributed by atoms with E-state index in [0.717, 1.165) is 32.4 Å². The minimum atomic E-state index is -0.331. The summed E-state index contributed by atoms with van der Waals surface area (Å²) < 4.78 is 5.60. The molecular formula is C18H19NO5. The zero-order chi connectivity index (χ0) is 17.3. The minimum absolute atomic E-state index is 0.0125. The fraction of sp³-hybridized carbons (Fsp3) is 0.389. The van der Waals surface area contributed by atoms with Gasteiger partial charge in [0.1, 0.15) is 11.5 Å². The van der Waals surface area contributed by atoms with E-state index in [0.29, 0.717) is 17.6 Å². The lowest BCUT2D eigenvalue weighted by Gasteiger charge is -2.26. The smallest absolute Gasteiger partial charge is 0.227 e. The first-order valence-corrected chi connectivity index (χ1v) is 8.04. The maximum Gasteiger partial charge on any atom is 0.227 e. The summed E-state index contributed by atoms with van der Waals surface area (Å²) in [6.45, 7) is 3.04. The number of hydrogen-bond donors (Lipinski definition) is 1. The predicted octanol–water partition coefficient (Wildman–Crippen LogP) is 2.17. The highest BCUT2D eigenvalue weighted by Gasteiger charge is 2.22. The lowest BCUT2D eigenvalue weighted by molar-refractivity contribution is -0.131. The van der Waals surface area contributed by atoms with Gasteiger partial charge in [-0.05, 0) is 38.3 Å². The highest BCUT2D eigenvalue weighted by Crippen LogP contribution is 2.26. The number of aryl methyl sites for hydroxylation is 1. The Bertz CT molecular complexity index is 862. The van der Waals surface area contributed by atoms with Gasteiger partial charge in [0.2, 0.25) is 5.91 Å². The van der Waals surface area contributed by atoms with E-state index in [1.807, 2.05) is 0 Å². The van der Waals surface area contributed by atoms with Crippen LogP contribution in [-0.2, 0) is 11.2 Å². The summed E-state index contributed by atoms with van der Waals surface area (Å²) in [6.07, 6.45) is 3.54. The second-order valence-corrected chi connectivity index (χ2v) is 6.08. The van der Waals surface area contributed by atoms with E-state index in [2.05, 4.69) is 0 Å². The van der Waals surface area contributed by atoms with Gasteiger partial charge in [0, 0.05) is 18.7 Å². The molecule has 6 heteroatoms. The Labute approximate surface area is 138 Å². The van der Waals surface area contributed by atoms with Crippen molar-refractivity contribution in [3.8, 4) is 5.75 Å². The van der Waals surface area contributed by atoms with E-state index >= 15 is 0 Å². The Balaban J connectivity index is 2.03. The van der Waals surface area contributed by atoms with E-state index in [4.69, 9.17) is 4.42 Å². The molecule has 24 heavy (non-hydrogen) atoms. The van der Waals surface area contributed by atoms with Crippen LogP contribution >= 0.6 is 0 Å². The van der Waals surface area contributed by atoms with E-state index in [1.54, 1.807) is 11.8 Å². The summed E-state index contributed by atoms with van der Waals surface area (Å²) in [5, 5.41) is 9.92. The first-order chi connectivity index (χ1) is 11.5. The molecule has 1 saturated heterocycles. The summed E-state index contributed by atoms with van der Waals surface area (Å²) in [5.74, 6) is -0.0254. The SMILES string of the molecule is Cc1oc2c(C=O)c(O)ccc2c(=O)c1CC(=O)N1CCCCC1. The average Bonchev–Trinajstić information content (AvgIpc) is 2.59. The third-order valence-corrected chi connectivity index (χ3v) is 4.53. The van der Waals surface area contributed by atoms with Gasteiger partial charge in [0.25, 0.3) is 0 Å². The number of carbonyl (C=O) groups excluding carboxylic acids is 2. The molecule has 0 radical (unpaired) electrons. The Kier molecular flexibility index (Phi) is 4.38. The molecule has 0 bridgehead atoms. The lowest BCUT2D eigenvalue weighted by atomic mass is 10.0. The first kappa shape index (κ1) is 16.2. The van der Waals surface area contributed by atoms with Crippen LogP contribution in [0.1, 0.15) is 40.9 Å². The first-order valence-electron chi connectivity index (χ1n) is 8.04. The molecule has 0 atom stereocenters. The monoisotopic (exact) mass is 329 g/mol. The van der Waals surface area contributed by atoms with Crippen molar-refractivity contribution in [3.05, 3.63) is 39.2 Å². The van der Waals surface area contributed by atoms with Gasteiger partial charge in [-0.1, -0.05) is 0 Å². The molecule has 3 rings (SSSR count). The molecule has 0 unspecified atom stereocenters. The van der Waals surface area contributed by atoms with Crippen LogP contribution in [0.3, 0.4) is 0 Å². The highest BCUT2D eigenvalue weighted by atomic mass is 16.3. The summed E-state index contributed by atoms with van der Waals surface area (Å²) in [4.78, 5) is 38.1. The van der Waals surface area contributed by atoms with Crippen LogP contribution in [0.15, 0.2) is 21.3 Å². The van der Waals surface area contributed by atoms with Crippen LogP contribution < -0.4 is 5.43 Å². The molecule has 0 spiro atoms. The quantitative estimate of drug-likeness (QED) is 0.872. The molecule has 6 nitrogen and oxygen atoms in total. The summed E-state index contributed by atoms with van der Waals surface area (Å²) in [7, 11) is 0. The number of likely N-dealkylation sites (tertiary alicyclic amines) is 1. The Hall–Kier alpha value is -2.63. The molecule has 0 aliphatic carbocycles. The third kappa shape index (κ3) is 2.79. The molecule has 1 aromatic heterocycles. The summed E-state index contributed by atoms with van der Waals surface area (Å²) >= 11 is 0. The summed E-state index contributed by atoms with van der Waals surface area (Å²) in [6, 6.07) is 2.70. The van der Waals surface area contributed by atoms with Gasteiger partial charge < -0.3 is 14.4 Å². The predicted molar refractivity (Wildman–Crippen MR) is 88.4 cm³/mol. The lowest BCUT2D eigenvalue weighted by Crippen LogP contribution is -2.37. The number of aldehydes is 1. The maximum absolute atomic E-state index is 12.7. The second-order valence-electron chi connectivity index (χ2n) is 6.08. The maximum atomic E-state index is 12.7. The van der Waals surface area contributed by atoms with Crippen molar-refractivity contribution in [1.29, 1.82) is 0 Å². The minimum Gasteiger partial charge on any atom is -0.507 e. The molecule has 1 aromatic carbocycles. The van der Waals surface area contributed by atoms with Gasteiger partial charge in [-0.25, -0.2) is 0 Å². The van der Waals surface area contributed by atoms with Gasteiger partial charge in [-0.15, -0.1) is 0 Å². The van der Waals surface area contributed by atoms with E-state index in [1.165, 1.54) is 12.1 Å². The van der Waals surface area contributed by atoms with Crippen molar-refractivity contribution in [1.82, 2.24) is 4.90 Å². The Morgan fingerprint density at radius 1 is 1.29 bits per heavy atom. The second kappa shape index (κ2) is 6.47. The zero-order valence-electron chi connectivity index (χ0n) is 13.5. The normalized spacial score (nSPS) is 14.8. The number of piperidine rings is 1. The van der Waals surface area contributed by atoms with E-state index in [9.17, 15) is 19.5 Å². The van der Waals surface area contributed by atoms with Crippen molar-refractivity contribution in [2.75, 3.05) is 13.1 Å². The van der Waals surface area contributed by atoms with Crippen LogP contribution in [0.25, 0.3) is 11.0 Å². The number of carbonyl (C=O) groups is 2. The molecule has 1 amide bonds. The van der Waals surface area contributed by atoms with Crippen molar-refractivity contribution in [3.63, 3.8) is 0 Å². The number of rotatable bonds is 3. The number of aromatic hydroxyl groups is 1. The van der Waals surface area contributed by atoms with E-state index in [-0.39, 0.29) is 40.0 Å². The number of hydrogen-bond acceptors (Lipinski definition) is 5. The molecule has 1 aliphatic heterocycles. The molecule has 0 saturated carbocycles. The molecular weight excluding hydrogens is 310 g/mol. The molecule has 2 heterocycles. The molecule has 1 aliphatic rings. The van der Waals surface area contributed by atoms with Gasteiger partial charge >= 0.3 is 0 Å². The van der Waals surface area contributed by atoms with Crippen molar-refractivity contribution in [2.24, 2.45) is 0 Å². The van der Waals surface area contributed by atoms with Crippen LogP contribution in [0.2, 0.25) is 0 Å². The van der Waals surface area contributed by atoms with Gasteiger partial charge in [0.05, 0.1) is 17.4 Å². The van der Waals surface area contributed by atoms with Gasteiger partial charge in [-0.3, -0.25) is 14.4 Å². The molecule has 1 fully saturated rings. The topological polar surface area (TPSA) is 87.8 Å². The number of phenolic OH excluding ortho intramolecular Hbond substituents is 1. The highest BCUT2D eigenvalue weighted by molar-refractivity contribution is 5.97. The van der Waals surface area contributed by atoms with Gasteiger partial charge in [-0.2, -0.15) is 0 Å². The Morgan fingerprint density at radius 3 is 2.67 bits per heavy atom. The van der Waals surface area contributed by atoms with Crippen LogP contribution in [-0.4, -0.2) is 35.3 Å². The Morgan fingerprint density at radius 2 is 2.00 bits per heavy atom. The fourth-order valence-corrected chi connectivity index (χ4v) is 3.14. The van der Waals surface area contributed by atoms with Crippen LogP contribution in [0.4, 0.5) is 0 Å². The van der Waals surface area contributed by atoms with E-state index < -0.39 is 0 Å². The van der Waals surface area contributed by atoms with Crippen molar-refractivity contribution < 1.29 is 19.1 Å². The van der Waals surface area contributed by atoms with Crippen molar-refractivity contribution in [2.45, 2.75) is 32.6 Å². The molecule has 126 valence electrons. The number of benzene rings is 1.